The number of rotatable bonds is 5. The zero-order valence-electron chi connectivity index (χ0n) is 11.2. The second kappa shape index (κ2) is 6.34. The predicted molar refractivity (Wildman–Crippen MR) is 77.8 cm³/mol. The van der Waals surface area contributed by atoms with E-state index in [1.807, 2.05) is 30.3 Å². The van der Waals surface area contributed by atoms with Crippen LogP contribution in [0.1, 0.15) is 17.2 Å². The second-order valence-electron chi connectivity index (χ2n) is 4.78. The summed E-state index contributed by atoms with van der Waals surface area (Å²) in [5.41, 5.74) is 6.80. The van der Waals surface area contributed by atoms with Gasteiger partial charge in [-0.25, -0.2) is 0 Å². The molecule has 110 valence electrons. The van der Waals surface area contributed by atoms with Crippen molar-refractivity contribution in [2.75, 3.05) is 0 Å². The summed E-state index contributed by atoms with van der Waals surface area (Å²) in [6, 6.07) is 11.9. The van der Waals surface area contributed by atoms with Crippen molar-refractivity contribution in [3.63, 3.8) is 0 Å². The molecule has 0 aromatic heterocycles. The van der Waals surface area contributed by atoms with Gasteiger partial charge < -0.3 is 15.9 Å². The van der Waals surface area contributed by atoms with E-state index in [9.17, 15) is 20.3 Å². The lowest BCUT2D eigenvalue weighted by Crippen LogP contribution is -2.28. The first-order valence-electron chi connectivity index (χ1n) is 6.44. The van der Waals surface area contributed by atoms with Gasteiger partial charge in [-0.05, 0) is 11.6 Å². The summed E-state index contributed by atoms with van der Waals surface area (Å²) < 4.78 is 0. The van der Waals surface area contributed by atoms with Gasteiger partial charge in [-0.15, -0.1) is 0 Å². The first kappa shape index (κ1) is 15.0. The van der Waals surface area contributed by atoms with E-state index in [2.05, 4.69) is 0 Å². The number of aromatic hydroxyl groups is 1. The summed E-state index contributed by atoms with van der Waals surface area (Å²) in [5.74, 6) is -0.166. The lowest BCUT2D eigenvalue weighted by Gasteiger charge is -2.20. The van der Waals surface area contributed by atoms with Crippen LogP contribution in [0.15, 0.2) is 48.5 Å². The van der Waals surface area contributed by atoms with Crippen molar-refractivity contribution in [2.24, 2.45) is 5.73 Å². The zero-order chi connectivity index (χ0) is 15.4. The number of nitro benzene ring substituents is 1. The van der Waals surface area contributed by atoms with E-state index in [4.69, 9.17) is 5.73 Å². The summed E-state index contributed by atoms with van der Waals surface area (Å²) in [6.45, 7) is 0. The Morgan fingerprint density at radius 2 is 1.86 bits per heavy atom. The van der Waals surface area contributed by atoms with Crippen LogP contribution in [0.3, 0.4) is 0 Å². The summed E-state index contributed by atoms with van der Waals surface area (Å²) in [7, 11) is 0. The molecule has 0 heterocycles. The minimum atomic E-state index is -0.958. The van der Waals surface area contributed by atoms with E-state index >= 15 is 0 Å². The molecule has 2 rings (SSSR count). The molecule has 0 amide bonds. The van der Waals surface area contributed by atoms with Crippen molar-refractivity contribution in [3.8, 4) is 5.75 Å². The summed E-state index contributed by atoms with van der Waals surface area (Å²) in [5, 5.41) is 30.7. The summed E-state index contributed by atoms with van der Waals surface area (Å²) >= 11 is 0. The molecule has 0 bridgehead atoms. The largest absolute Gasteiger partial charge is 0.508 e. The Morgan fingerprint density at radius 1 is 1.19 bits per heavy atom. The van der Waals surface area contributed by atoms with Crippen LogP contribution >= 0.6 is 0 Å². The molecule has 6 heteroatoms. The zero-order valence-corrected chi connectivity index (χ0v) is 11.2. The number of nitro groups is 1. The molecule has 0 aliphatic heterocycles. The van der Waals surface area contributed by atoms with Crippen molar-refractivity contribution >= 4 is 5.69 Å². The fraction of sp³-hybridized carbons (Fsp3) is 0.200. The lowest BCUT2D eigenvalue weighted by atomic mass is 9.96. The van der Waals surface area contributed by atoms with Gasteiger partial charge in [0.15, 0.2) is 0 Å². The molecular formula is C15H16N2O4. The van der Waals surface area contributed by atoms with Crippen molar-refractivity contribution in [2.45, 2.75) is 18.6 Å². The first-order chi connectivity index (χ1) is 9.99. The molecule has 2 aromatic carbocycles. The average Bonchev–Trinajstić information content (AvgIpc) is 2.47. The molecule has 0 fully saturated rings. The molecule has 0 aliphatic carbocycles. The maximum atomic E-state index is 10.8. The third-order valence-corrected chi connectivity index (χ3v) is 3.28. The second-order valence-corrected chi connectivity index (χ2v) is 4.78. The highest BCUT2D eigenvalue weighted by Crippen LogP contribution is 2.29. The first-order valence-corrected chi connectivity index (χ1v) is 6.44. The molecule has 0 radical (unpaired) electrons. The minimum Gasteiger partial charge on any atom is -0.508 e. The van der Waals surface area contributed by atoms with Gasteiger partial charge >= 0.3 is 0 Å². The molecule has 0 saturated heterocycles. The highest BCUT2D eigenvalue weighted by molar-refractivity contribution is 5.45. The van der Waals surface area contributed by atoms with E-state index in [1.54, 1.807) is 0 Å². The number of benzene rings is 2. The van der Waals surface area contributed by atoms with Crippen LogP contribution in [0.25, 0.3) is 0 Å². The highest BCUT2D eigenvalue weighted by atomic mass is 16.6. The third kappa shape index (κ3) is 3.56. The van der Waals surface area contributed by atoms with Gasteiger partial charge in [0.1, 0.15) is 5.75 Å². The van der Waals surface area contributed by atoms with Gasteiger partial charge in [0.2, 0.25) is 0 Å². The van der Waals surface area contributed by atoms with Crippen LogP contribution in [-0.2, 0) is 6.42 Å². The molecule has 0 unspecified atom stereocenters. The normalized spacial score (nSPS) is 13.6. The van der Waals surface area contributed by atoms with Crippen LogP contribution in [0.5, 0.6) is 5.75 Å². The maximum Gasteiger partial charge on any atom is 0.270 e. The van der Waals surface area contributed by atoms with Crippen molar-refractivity contribution in [1.29, 1.82) is 0 Å². The molecule has 2 atom stereocenters. The number of hydrogen-bond acceptors (Lipinski definition) is 5. The fourth-order valence-electron chi connectivity index (χ4n) is 2.11. The number of aliphatic hydroxyl groups is 1. The molecule has 0 spiro atoms. The standard InChI is InChI=1S/C15H16N2O4/c16-15(14(19)8-10-4-2-1-3-5-10)12-9-11(17(20)21)6-7-13(12)18/h1-7,9,14-15,18-19H,8,16H2/t14-,15+/m1/s1. The van der Waals surface area contributed by atoms with Gasteiger partial charge in [0, 0.05) is 24.1 Å². The van der Waals surface area contributed by atoms with E-state index in [1.165, 1.54) is 18.2 Å². The van der Waals surface area contributed by atoms with Crippen LogP contribution in [0, 0.1) is 10.1 Å². The van der Waals surface area contributed by atoms with Crippen molar-refractivity contribution in [3.05, 3.63) is 69.8 Å². The molecule has 0 saturated carbocycles. The smallest absolute Gasteiger partial charge is 0.270 e. The third-order valence-electron chi connectivity index (χ3n) is 3.28. The summed E-state index contributed by atoms with van der Waals surface area (Å²) in [4.78, 5) is 10.2. The highest BCUT2D eigenvalue weighted by Gasteiger charge is 2.22. The lowest BCUT2D eigenvalue weighted by molar-refractivity contribution is -0.385. The molecule has 21 heavy (non-hydrogen) atoms. The number of phenolic OH excluding ortho intramolecular Hbond substituents is 1. The van der Waals surface area contributed by atoms with E-state index in [0.29, 0.717) is 6.42 Å². The number of aliphatic hydroxyl groups excluding tert-OH is 1. The Hall–Kier alpha value is -2.44. The van der Waals surface area contributed by atoms with Crippen LogP contribution in [-0.4, -0.2) is 21.2 Å². The van der Waals surface area contributed by atoms with E-state index in [0.717, 1.165) is 5.56 Å². The van der Waals surface area contributed by atoms with E-state index in [-0.39, 0.29) is 17.0 Å². The molecule has 2 aromatic rings. The Bertz CT molecular complexity index is 631. The topological polar surface area (TPSA) is 110 Å². The number of nitrogens with two attached hydrogens (primary N) is 1. The van der Waals surface area contributed by atoms with Crippen molar-refractivity contribution < 1.29 is 15.1 Å². The number of non-ortho nitro benzene ring substituents is 1. The Morgan fingerprint density at radius 3 is 2.48 bits per heavy atom. The van der Waals surface area contributed by atoms with Crippen LogP contribution in [0.2, 0.25) is 0 Å². The average molecular weight is 288 g/mol. The summed E-state index contributed by atoms with van der Waals surface area (Å²) in [6.07, 6.45) is -0.662. The van der Waals surface area contributed by atoms with Gasteiger partial charge in [-0.1, -0.05) is 30.3 Å². The SMILES string of the molecule is N[C@@H](c1cc([N+](=O)[O-])ccc1O)[C@H](O)Cc1ccccc1. The maximum absolute atomic E-state index is 10.8. The Labute approximate surface area is 121 Å². The number of nitrogens with zero attached hydrogens (tertiary/aromatic N) is 1. The molecule has 0 aliphatic rings. The van der Waals surface area contributed by atoms with Gasteiger partial charge in [0.25, 0.3) is 5.69 Å². The quantitative estimate of drug-likeness (QED) is 0.575. The Kier molecular flexibility index (Phi) is 4.52. The van der Waals surface area contributed by atoms with Gasteiger partial charge in [-0.3, -0.25) is 10.1 Å². The van der Waals surface area contributed by atoms with Gasteiger partial charge in [-0.2, -0.15) is 0 Å². The molecule has 6 nitrogen and oxygen atoms in total. The molecule has 4 N–H and O–H groups in total. The predicted octanol–water partition coefficient (Wildman–Crippen LogP) is 1.90. The van der Waals surface area contributed by atoms with Crippen LogP contribution < -0.4 is 5.73 Å². The van der Waals surface area contributed by atoms with Crippen molar-refractivity contribution in [1.82, 2.24) is 0 Å². The molecular weight excluding hydrogens is 272 g/mol. The van der Waals surface area contributed by atoms with E-state index < -0.39 is 17.1 Å². The Balaban J connectivity index is 2.20. The monoisotopic (exact) mass is 288 g/mol. The minimum absolute atomic E-state index is 0.160. The number of phenols is 1. The fourth-order valence-corrected chi connectivity index (χ4v) is 2.11. The van der Waals surface area contributed by atoms with Gasteiger partial charge in [0.05, 0.1) is 17.1 Å². The number of hydrogen-bond donors (Lipinski definition) is 3. The van der Waals surface area contributed by atoms with Crippen LogP contribution in [0.4, 0.5) is 5.69 Å².